The van der Waals surface area contributed by atoms with E-state index in [2.05, 4.69) is 21.8 Å². The summed E-state index contributed by atoms with van der Waals surface area (Å²) in [6, 6.07) is 15.2. The number of nitrogens with zero attached hydrogens (tertiary/aromatic N) is 2. The van der Waals surface area contributed by atoms with Crippen molar-refractivity contribution in [2.24, 2.45) is 0 Å². The Morgan fingerprint density at radius 2 is 2.04 bits per heavy atom. The zero-order chi connectivity index (χ0) is 17.6. The number of nitrogens with one attached hydrogen (secondary N) is 1. The molecule has 2 aromatic carbocycles. The molecule has 1 aromatic heterocycles. The van der Waals surface area contributed by atoms with Gasteiger partial charge < -0.3 is 14.6 Å². The number of anilines is 1. The van der Waals surface area contributed by atoms with Crippen molar-refractivity contribution in [3.8, 4) is 11.4 Å². The molecule has 0 aliphatic carbocycles. The maximum absolute atomic E-state index is 12.6. The number of rotatable bonds is 6. The van der Waals surface area contributed by atoms with Gasteiger partial charge in [-0.1, -0.05) is 30.3 Å². The van der Waals surface area contributed by atoms with Crippen molar-refractivity contribution in [2.45, 2.75) is 20.1 Å². The molecule has 0 radical (unpaired) electrons. The quantitative estimate of drug-likeness (QED) is 0.741. The number of imidazole rings is 1. The summed E-state index contributed by atoms with van der Waals surface area (Å²) in [5.41, 5.74) is 3.18. The predicted molar refractivity (Wildman–Crippen MR) is 98.4 cm³/mol. The molecule has 0 bridgehead atoms. The third kappa shape index (κ3) is 3.78. The lowest BCUT2D eigenvalue weighted by Gasteiger charge is -2.11. The van der Waals surface area contributed by atoms with Gasteiger partial charge in [-0.05, 0) is 30.7 Å². The average Bonchev–Trinajstić information content (AvgIpc) is 3.11. The number of hydrogen-bond acceptors (Lipinski definition) is 3. The largest absolute Gasteiger partial charge is 0.380 e. The maximum Gasteiger partial charge on any atom is 0.256 e. The summed E-state index contributed by atoms with van der Waals surface area (Å²) in [4.78, 5) is 17.1. The second kappa shape index (κ2) is 7.77. The number of benzene rings is 2. The van der Waals surface area contributed by atoms with Gasteiger partial charge in [0.1, 0.15) is 5.82 Å². The second-order valence-corrected chi connectivity index (χ2v) is 5.66. The molecule has 1 heterocycles. The van der Waals surface area contributed by atoms with Crippen LogP contribution < -0.4 is 5.32 Å². The van der Waals surface area contributed by atoms with Crippen molar-refractivity contribution in [2.75, 3.05) is 12.4 Å². The number of amides is 1. The molecule has 0 spiro atoms. The smallest absolute Gasteiger partial charge is 0.256 e. The lowest BCUT2D eigenvalue weighted by molar-refractivity contribution is 0.102. The van der Waals surface area contributed by atoms with Crippen LogP contribution in [-0.2, 0) is 17.9 Å². The first kappa shape index (κ1) is 16.9. The molecule has 0 aliphatic rings. The molecule has 1 N–H and O–H groups in total. The molecule has 0 saturated heterocycles. The van der Waals surface area contributed by atoms with E-state index >= 15 is 0 Å². The Hall–Kier alpha value is -2.92. The van der Waals surface area contributed by atoms with Crippen LogP contribution in [-0.4, -0.2) is 22.6 Å². The van der Waals surface area contributed by atoms with Gasteiger partial charge in [-0.25, -0.2) is 4.98 Å². The fourth-order valence-corrected chi connectivity index (χ4v) is 2.78. The van der Waals surface area contributed by atoms with Gasteiger partial charge in [-0.2, -0.15) is 0 Å². The molecule has 3 aromatic rings. The van der Waals surface area contributed by atoms with Crippen LogP contribution >= 0.6 is 0 Å². The van der Waals surface area contributed by atoms with E-state index in [1.807, 2.05) is 48.7 Å². The molecule has 0 atom stereocenters. The lowest BCUT2D eigenvalue weighted by atomic mass is 10.1. The number of carbonyl (C=O) groups excluding carboxylic acids is 1. The molecule has 0 saturated carbocycles. The van der Waals surface area contributed by atoms with Gasteiger partial charge in [0.25, 0.3) is 5.91 Å². The van der Waals surface area contributed by atoms with Gasteiger partial charge in [0.2, 0.25) is 0 Å². The van der Waals surface area contributed by atoms with Crippen LogP contribution in [0.2, 0.25) is 0 Å². The number of methoxy groups -OCH3 is 1. The van der Waals surface area contributed by atoms with E-state index in [0.29, 0.717) is 12.2 Å². The normalized spacial score (nSPS) is 10.6. The van der Waals surface area contributed by atoms with Crippen molar-refractivity contribution in [1.29, 1.82) is 0 Å². The van der Waals surface area contributed by atoms with Crippen LogP contribution in [0.15, 0.2) is 60.9 Å². The van der Waals surface area contributed by atoms with Crippen molar-refractivity contribution in [3.63, 3.8) is 0 Å². The summed E-state index contributed by atoms with van der Waals surface area (Å²) in [5.74, 6) is 0.738. The third-order valence-corrected chi connectivity index (χ3v) is 4.00. The van der Waals surface area contributed by atoms with Crippen LogP contribution in [0.3, 0.4) is 0 Å². The molecule has 5 nitrogen and oxygen atoms in total. The van der Waals surface area contributed by atoms with E-state index < -0.39 is 0 Å². The Bertz CT molecular complexity index is 871. The zero-order valence-electron chi connectivity index (χ0n) is 14.4. The SMILES string of the molecule is CCn1ccnc1-c1cccc(NC(=O)c2ccccc2COC)c1. The Kier molecular flexibility index (Phi) is 5.26. The number of aryl methyl sites for hydroxylation is 1. The van der Waals surface area contributed by atoms with E-state index in [9.17, 15) is 4.79 Å². The molecule has 0 aliphatic heterocycles. The molecule has 128 valence electrons. The van der Waals surface area contributed by atoms with E-state index in [4.69, 9.17) is 4.74 Å². The summed E-state index contributed by atoms with van der Waals surface area (Å²) < 4.78 is 7.24. The molecule has 0 unspecified atom stereocenters. The van der Waals surface area contributed by atoms with Gasteiger partial charge in [-0.15, -0.1) is 0 Å². The Morgan fingerprint density at radius 1 is 1.20 bits per heavy atom. The second-order valence-electron chi connectivity index (χ2n) is 5.66. The van der Waals surface area contributed by atoms with Crippen molar-refractivity contribution in [3.05, 3.63) is 72.1 Å². The topological polar surface area (TPSA) is 56.2 Å². The first-order valence-corrected chi connectivity index (χ1v) is 8.22. The first-order chi connectivity index (χ1) is 12.2. The fraction of sp³-hybridized carbons (Fsp3) is 0.200. The van der Waals surface area contributed by atoms with Crippen molar-refractivity contribution >= 4 is 11.6 Å². The van der Waals surface area contributed by atoms with Gasteiger partial charge in [0.15, 0.2) is 0 Å². The van der Waals surface area contributed by atoms with Gasteiger partial charge in [0, 0.05) is 42.9 Å². The van der Waals surface area contributed by atoms with E-state index in [-0.39, 0.29) is 5.91 Å². The number of hydrogen-bond donors (Lipinski definition) is 1. The Morgan fingerprint density at radius 3 is 2.84 bits per heavy atom. The lowest BCUT2D eigenvalue weighted by Crippen LogP contribution is -2.14. The van der Waals surface area contributed by atoms with Crippen LogP contribution in [0.25, 0.3) is 11.4 Å². The minimum absolute atomic E-state index is 0.149. The highest BCUT2D eigenvalue weighted by atomic mass is 16.5. The minimum atomic E-state index is -0.149. The highest BCUT2D eigenvalue weighted by molar-refractivity contribution is 6.05. The summed E-state index contributed by atoms with van der Waals surface area (Å²) in [6.45, 7) is 3.32. The maximum atomic E-state index is 12.6. The average molecular weight is 335 g/mol. The zero-order valence-corrected chi connectivity index (χ0v) is 14.4. The monoisotopic (exact) mass is 335 g/mol. The molecule has 0 fully saturated rings. The fourth-order valence-electron chi connectivity index (χ4n) is 2.78. The summed E-state index contributed by atoms with van der Waals surface area (Å²) in [6.07, 6.45) is 3.73. The highest BCUT2D eigenvalue weighted by Gasteiger charge is 2.12. The summed E-state index contributed by atoms with van der Waals surface area (Å²) in [7, 11) is 1.62. The third-order valence-electron chi connectivity index (χ3n) is 4.00. The summed E-state index contributed by atoms with van der Waals surface area (Å²) >= 11 is 0. The Labute approximate surface area is 147 Å². The molecule has 1 amide bonds. The van der Waals surface area contributed by atoms with Crippen molar-refractivity contribution < 1.29 is 9.53 Å². The molecule has 3 rings (SSSR count). The van der Waals surface area contributed by atoms with Gasteiger partial charge >= 0.3 is 0 Å². The minimum Gasteiger partial charge on any atom is -0.380 e. The van der Waals surface area contributed by atoms with E-state index in [0.717, 1.165) is 29.2 Å². The number of carbonyl (C=O) groups is 1. The molecular formula is C20H21N3O2. The van der Waals surface area contributed by atoms with E-state index in [1.165, 1.54) is 0 Å². The number of ether oxygens (including phenoxy) is 1. The van der Waals surface area contributed by atoms with E-state index in [1.54, 1.807) is 19.4 Å². The van der Waals surface area contributed by atoms with Crippen LogP contribution in [0.4, 0.5) is 5.69 Å². The standard InChI is InChI=1S/C20H21N3O2/c1-3-23-12-11-21-19(23)15-8-6-9-17(13-15)22-20(24)18-10-5-4-7-16(18)14-25-2/h4-13H,3,14H2,1-2H3,(H,22,24). The van der Waals surface area contributed by atoms with Gasteiger partial charge in [0.05, 0.1) is 6.61 Å². The van der Waals surface area contributed by atoms with Gasteiger partial charge in [-0.3, -0.25) is 4.79 Å². The van der Waals surface area contributed by atoms with Crippen molar-refractivity contribution in [1.82, 2.24) is 9.55 Å². The van der Waals surface area contributed by atoms with Crippen LogP contribution in [0, 0.1) is 0 Å². The predicted octanol–water partition coefficient (Wildman–Crippen LogP) is 3.97. The first-order valence-electron chi connectivity index (χ1n) is 8.22. The van der Waals surface area contributed by atoms with Crippen LogP contribution in [0.5, 0.6) is 0 Å². The van der Waals surface area contributed by atoms with Crippen LogP contribution in [0.1, 0.15) is 22.8 Å². The Balaban J connectivity index is 1.84. The molecule has 5 heteroatoms. The summed E-state index contributed by atoms with van der Waals surface area (Å²) in [5, 5.41) is 2.97. The molecule has 25 heavy (non-hydrogen) atoms. The highest BCUT2D eigenvalue weighted by Crippen LogP contribution is 2.22. The number of aromatic nitrogens is 2. The molecular weight excluding hydrogens is 314 g/mol.